The van der Waals surface area contributed by atoms with Crippen LogP contribution in [0.15, 0.2) is 46.2 Å². The van der Waals surface area contributed by atoms with Crippen LogP contribution >= 0.6 is 11.8 Å². The van der Waals surface area contributed by atoms with Crippen molar-refractivity contribution in [3.05, 3.63) is 42.4 Å². The molecule has 154 valence electrons. The van der Waals surface area contributed by atoms with Gasteiger partial charge >= 0.3 is 0 Å². The summed E-state index contributed by atoms with van der Waals surface area (Å²) in [6.07, 6.45) is 1.58. The summed E-state index contributed by atoms with van der Waals surface area (Å²) in [5, 5.41) is 11.5. The Morgan fingerprint density at radius 3 is 2.59 bits per heavy atom. The molecule has 0 radical (unpaired) electrons. The highest BCUT2D eigenvalue weighted by Crippen LogP contribution is 2.25. The zero-order chi connectivity index (χ0) is 21.0. The maximum absolute atomic E-state index is 12.3. The van der Waals surface area contributed by atoms with Crippen molar-refractivity contribution in [3.8, 4) is 11.4 Å². The normalized spacial score (nSPS) is 11.1. The van der Waals surface area contributed by atoms with Gasteiger partial charge in [0.1, 0.15) is 5.76 Å². The molecule has 29 heavy (non-hydrogen) atoms. The number of hydrogen-bond acceptors (Lipinski definition) is 7. The standard InChI is InChI=1S/C20H26N6O2S/c1-5-25(13(2)3)16-8-6-15(7-9-16)22-18(27)12-29-20-24-23-19(26(20)21)17-10-11-28-14(17)4/h6-11,13H,5,12,21H2,1-4H3,(H,22,27). The number of thioether (sulfide) groups is 1. The first-order chi connectivity index (χ1) is 13.9. The molecule has 2 aromatic heterocycles. The van der Waals surface area contributed by atoms with Gasteiger partial charge in [-0.15, -0.1) is 10.2 Å². The van der Waals surface area contributed by atoms with Crippen molar-refractivity contribution >= 4 is 29.0 Å². The lowest BCUT2D eigenvalue weighted by atomic mass is 10.2. The average molecular weight is 415 g/mol. The number of nitrogens with one attached hydrogen (secondary N) is 1. The fourth-order valence-corrected chi connectivity index (χ4v) is 3.74. The summed E-state index contributed by atoms with van der Waals surface area (Å²) < 4.78 is 6.65. The summed E-state index contributed by atoms with van der Waals surface area (Å²) >= 11 is 1.23. The predicted molar refractivity (Wildman–Crippen MR) is 117 cm³/mol. The van der Waals surface area contributed by atoms with Crippen LogP contribution in [0.1, 0.15) is 26.5 Å². The Morgan fingerprint density at radius 2 is 2.00 bits per heavy atom. The molecule has 3 aromatic rings. The molecule has 0 saturated heterocycles. The molecule has 0 saturated carbocycles. The molecular weight excluding hydrogens is 388 g/mol. The van der Waals surface area contributed by atoms with Crippen LogP contribution in [-0.4, -0.2) is 39.1 Å². The molecule has 9 heteroatoms. The Hall–Kier alpha value is -2.94. The minimum atomic E-state index is -0.136. The van der Waals surface area contributed by atoms with Gasteiger partial charge in [-0.2, -0.15) is 0 Å². The third-order valence-corrected chi connectivity index (χ3v) is 5.49. The number of anilines is 2. The summed E-state index contributed by atoms with van der Waals surface area (Å²) in [4.78, 5) is 14.6. The molecule has 0 aliphatic heterocycles. The molecule has 0 unspecified atom stereocenters. The third-order valence-electron chi connectivity index (χ3n) is 4.54. The molecule has 1 amide bonds. The number of aromatic nitrogens is 3. The van der Waals surface area contributed by atoms with E-state index in [4.69, 9.17) is 10.3 Å². The number of amides is 1. The van der Waals surface area contributed by atoms with Gasteiger partial charge in [-0.3, -0.25) is 4.79 Å². The number of nitrogens with zero attached hydrogens (tertiary/aromatic N) is 4. The van der Waals surface area contributed by atoms with Crippen LogP contribution in [0.2, 0.25) is 0 Å². The SMILES string of the molecule is CCN(c1ccc(NC(=O)CSc2nnc(-c3ccoc3C)n2N)cc1)C(C)C. The lowest BCUT2D eigenvalue weighted by Gasteiger charge is -2.27. The zero-order valence-corrected chi connectivity index (χ0v) is 17.9. The van der Waals surface area contributed by atoms with E-state index in [1.165, 1.54) is 16.4 Å². The van der Waals surface area contributed by atoms with E-state index in [1.807, 2.05) is 31.2 Å². The van der Waals surface area contributed by atoms with E-state index in [-0.39, 0.29) is 11.7 Å². The summed E-state index contributed by atoms with van der Waals surface area (Å²) in [6.45, 7) is 9.21. The quantitative estimate of drug-likeness (QED) is 0.429. The van der Waals surface area contributed by atoms with Crippen molar-refractivity contribution in [1.29, 1.82) is 0 Å². The highest BCUT2D eigenvalue weighted by Gasteiger charge is 2.17. The smallest absolute Gasteiger partial charge is 0.234 e. The second kappa shape index (κ2) is 9.04. The molecule has 3 rings (SSSR count). The van der Waals surface area contributed by atoms with Crippen LogP contribution in [0.25, 0.3) is 11.4 Å². The van der Waals surface area contributed by atoms with Crippen molar-refractivity contribution < 1.29 is 9.21 Å². The van der Waals surface area contributed by atoms with Crippen LogP contribution in [0.5, 0.6) is 0 Å². The van der Waals surface area contributed by atoms with Gasteiger partial charge in [-0.25, -0.2) is 4.68 Å². The molecule has 0 bridgehead atoms. The average Bonchev–Trinajstić information content (AvgIpc) is 3.27. The first-order valence-corrected chi connectivity index (χ1v) is 10.4. The first kappa shape index (κ1) is 20.8. The summed E-state index contributed by atoms with van der Waals surface area (Å²) in [5.41, 5.74) is 2.66. The molecule has 1 aromatic carbocycles. The summed E-state index contributed by atoms with van der Waals surface area (Å²) in [6, 6.07) is 10.1. The lowest BCUT2D eigenvalue weighted by molar-refractivity contribution is -0.113. The fraction of sp³-hybridized carbons (Fsp3) is 0.350. The number of nitrogens with two attached hydrogens (primary N) is 1. The van der Waals surface area contributed by atoms with Gasteiger partial charge in [0.2, 0.25) is 11.1 Å². The van der Waals surface area contributed by atoms with Crippen molar-refractivity contribution in [1.82, 2.24) is 14.9 Å². The summed E-state index contributed by atoms with van der Waals surface area (Å²) in [5.74, 6) is 7.33. The largest absolute Gasteiger partial charge is 0.469 e. The van der Waals surface area contributed by atoms with Gasteiger partial charge in [0.15, 0.2) is 5.82 Å². The van der Waals surface area contributed by atoms with Crippen molar-refractivity contribution in [2.45, 2.75) is 38.9 Å². The second-order valence-corrected chi connectivity index (χ2v) is 7.77. The predicted octanol–water partition coefficient (Wildman–Crippen LogP) is 3.53. The maximum atomic E-state index is 12.3. The molecule has 0 fully saturated rings. The number of furan rings is 1. The zero-order valence-electron chi connectivity index (χ0n) is 17.0. The Balaban J connectivity index is 1.58. The van der Waals surface area contributed by atoms with Gasteiger partial charge in [0, 0.05) is 24.0 Å². The highest BCUT2D eigenvalue weighted by atomic mass is 32.2. The first-order valence-electron chi connectivity index (χ1n) is 9.45. The van der Waals surface area contributed by atoms with E-state index < -0.39 is 0 Å². The van der Waals surface area contributed by atoms with Crippen LogP contribution in [0, 0.1) is 6.92 Å². The van der Waals surface area contributed by atoms with Crippen LogP contribution < -0.4 is 16.1 Å². The Bertz CT molecular complexity index is 964. The van der Waals surface area contributed by atoms with E-state index in [2.05, 4.69) is 41.2 Å². The van der Waals surface area contributed by atoms with E-state index in [9.17, 15) is 4.79 Å². The minimum Gasteiger partial charge on any atom is -0.469 e. The number of nitrogen functional groups attached to an aromatic ring is 1. The molecule has 3 N–H and O–H groups in total. The third kappa shape index (κ3) is 4.73. The number of hydrogen-bond donors (Lipinski definition) is 2. The van der Waals surface area contributed by atoms with Crippen LogP contribution in [-0.2, 0) is 4.79 Å². The van der Waals surface area contributed by atoms with E-state index in [0.717, 1.165) is 23.5 Å². The van der Waals surface area contributed by atoms with E-state index >= 15 is 0 Å². The van der Waals surface area contributed by atoms with Crippen molar-refractivity contribution in [2.75, 3.05) is 28.4 Å². The maximum Gasteiger partial charge on any atom is 0.234 e. The van der Waals surface area contributed by atoms with Crippen LogP contribution in [0.3, 0.4) is 0 Å². The summed E-state index contributed by atoms with van der Waals surface area (Å²) in [7, 11) is 0. The molecule has 0 aliphatic rings. The van der Waals surface area contributed by atoms with Crippen molar-refractivity contribution in [2.24, 2.45) is 0 Å². The van der Waals surface area contributed by atoms with Gasteiger partial charge in [-0.05, 0) is 58.0 Å². The molecule has 8 nitrogen and oxygen atoms in total. The van der Waals surface area contributed by atoms with Crippen LogP contribution in [0.4, 0.5) is 11.4 Å². The molecule has 2 heterocycles. The van der Waals surface area contributed by atoms with E-state index in [0.29, 0.717) is 22.8 Å². The van der Waals surface area contributed by atoms with Crippen molar-refractivity contribution in [3.63, 3.8) is 0 Å². The van der Waals surface area contributed by atoms with Gasteiger partial charge in [0.05, 0.1) is 17.6 Å². The molecule has 0 spiro atoms. The number of aryl methyl sites for hydroxylation is 1. The minimum absolute atomic E-state index is 0.136. The fourth-order valence-electron chi connectivity index (χ4n) is 3.09. The topological polar surface area (TPSA) is 102 Å². The molecule has 0 aliphatic carbocycles. The van der Waals surface area contributed by atoms with E-state index in [1.54, 1.807) is 12.3 Å². The second-order valence-electron chi connectivity index (χ2n) is 6.83. The number of benzene rings is 1. The van der Waals surface area contributed by atoms with Gasteiger partial charge < -0.3 is 20.5 Å². The number of carbonyl (C=O) groups is 1. The Kier molecular flexibility index (Phi) is 6.48. The van der Waals surface area contributed by atoms with Gasteiger partial charge in [-0.1, -0.05) is 11.8 Å². The number of carbonyl (C=O) groups excluding carboxylic acids is 1. The molecule has 0 atom stereocenters. The highest BCUT2D eigenvalue weighted by molar-refractivity contribution is 7.99. The Labute approximate surface area is 174 Å². The lowest BCUT2D eigenvalue weighted by Crippen LogP contribution is -2.30. The monoisotopic (exact) mass is 414 g/mol. The molecular formula is C20H26N6O2S. The number of rotatable bonds is 8. The van der Waals surface area contributed by atoms with Gasteiger partial charge in [0.25, 0.3) is 0 Å². The Morgan fingerprint density at radius 1 is 1.28 bits per heavy atom.